The third kappa shape index (κ3) is 3.90. The molecule has 0 spiro atoms. The summed E-state index contributed by atoms with van der Waals surface area (Å²) in [4.78, 5) is 11.6. The number of hydrogen-bond acceptors (Lipinski definition) is 3. The van der Waals surface area contributed by atoms with Crippen LogP contribution in [0, 0.1) is 0 Å². The topological polar surface area (TPSA) is 64.4 Å². The molecule has 1 aliphatic rings. The zero-order valence-electron chi connectivity index (χ0n) is 13.3. The quantitative estimate of drug-likeness (QED) is 0.892. The highest BCUT2D eigenvalue weighted by Crippen LogP contribution is 2.30. The monoisotopic (exact) mass is 310 g/mol. The molecule has 0 fully saturated rings. The Kier molecular flexibility index (Phi) is 4.63. The van der Waals surface area contributed by atoms with Crippen molar-refractivity contribution in [3.05, 3.63) is 53.6 Å². The summed E-state index contributed by atoms with van der Waals surface area (Å²) in [6.07, 6.45) is 1.34. The molecule has 0 saturated carbocycles. The first-order chi connectivity index (χ1) is 11.1. The van der Waals surface area contributed by atoms with Crippen LogP contribution in [0.4, 0.5) is 0 Å². The molecule has 2 aromatic rings. The molecule has 0 aromatic heterocycles. The first-order valence-corrected chi connectivity index (χ1v) is 7.99. The molecule has 4 heteroatoms. The van der Waals surface area contributed by atoms with Gasteiger partial charge in [0.15, 0.2) is 0 Å². The Morgan fingerprint density at radius 2 is 1.96 bits per heavy atom. The highest BCUT2D eigenvalue weighted by molar-refractivity contribution is 5.76. The van der Waals surface area contributed by atoms with E-state index in [0.29, 0.717) is 13.0 Å². The minimum Gasteiger partial charge on any atom is -0.493 e. The van der Waals surface area contributed by atoms with Gasteiger partial charge in [-0.3, -0.25) is 4.79 Å². The Morgan fingerprint density at radius 3 is 2.70 bits per heavy atom. The van der Waals surface area contributed by atoms with E-state index in [4.69, 9.17) is 10.5 Å². The molecular formula is C19H22N2O2. The van der Waals surface area contributed by atoms with E-state index in [9.17, 15) is 4.79 Å². The van der Waals surface area contributed by atoms with Crippen molar-refractivity contribution < 1.29 is 9.53 Å². The van der Waals surface area contributed by atoms with Crippen molar-refractivity contribution in [1.29, 1.82) is 0 Å². The van der Waals surface area contributed by atoms with Gasteiger partial charge < -0.3 is 15.8 Å². The number of nitrogens with one attached hydrogen (secondary N) is 1. The van der Waals surface area contributed by atoms with Gasteiger partial charge in [-0.15, -0.1) is 0 Å². The van der Waals surface area contributed by atoms with Crippen molar-refractivity contribution in [2.75, 3.05) is 6.61 Å². The standard InChI is InChI=1S/C19H22N2O2/c1-13(20)10-19(22)21-12-14-2-4-15(5-3-14)16-6-7-18-17(11-16)8-9-23-18/h2-7,11,13H,8-10,12,20H2,1H3,(H,21,22). The molecule has 2 aromatic carbocycles. The molecule has 0 bridgehead atoms. The number of rotatable bonds is 5. The van der Waals surface area contributed by atoms with Gasteiger partial charge >= 0.3 is 0 Å². The second kappa shape index (κ2) is 6.84. The van der Waals surface area contributed by atoms with E-state index in [1.807, 2.05) is 25.1 Å². The summed E-state index contributed by atoms with van der Waals surface area (Å²) in [5.74, 6) is 0.991. The van der Waals surface area contributed by atoms with Gasteiger partial charge in [0.25, 0.3) is 0 Å². The zero-order chi connectivity index (χ0) is 16.2. The molecule has 0 saturated heterocycles. The van der Waals surface area contributed by atoms with Crippen LogP contribution >= 0.6 is 0 Å². The Morgan fingerprint density at radius 1 is 1.22 bits per heavy atom. The summed E-state index contributed by atoms with van der Waals surface area (Å²) in [6.45, 7) is 3.14. The van der Waals surface area contributed by atoms with Crippen molar-refractivity contribution in [3.8, 4) is 16.9 Å². The van der Waals surface area contributed by atoms with Gasteiger partial charge in [-0.1, -0.05) is 30.3 Å². The SMILES string of the molecule is CC(N)CC(=O)NCc1ccc(-c2ccc3c(c2)CCO3)cc1. The predicted octanol–water partition coefficient (Wildman–Crippen LogP) is 2.64. The van der Waals surface area contributed by atoms with Gasteiger partial charge in [0.1, 0.15) is 5.75 Å². The molecule has 1 heterocycles. The number of hydrogen-bond donors (Lipinski definition) is 2. The van der Waals surface area contributed by atoms with Crippen molar-refractivity contribution in [3.63, 3.8) is 0 Å². The zero-order valence-corrected chi connectivity index (χ0v) is 13.3. The molecule has 120 valence electrons. The molecule has 0 aliphatic carbocycles. The van der Waals surface area contributed by atoms with E-state index in [2.05, 4.69) is 29.6 Å². The Balaban J connectivity index is 1.64. The molecule has 4 nitrogen and oxygen atoms in total. The van der Waals surface area contributed by atoms with E-state index in [1.165, 1.54) is 16.7 Å². The van der Waals surface area contributed by atoms with Crippen LogP contribution in [0.3, 0.4) is 0 Å². The van der Waals surface area contributed by atoms with Crippen LogP contribution in [0.2, 0.25) is 0 Å². The van der Waals surface area contributed by atoms with Crippen LogP contribution in [-0.4, -0.2) is 18.6 Å². The van der Waals surface area contributed by atoms with Crippen LogP contribution < -0.4 is 15.8 Å². The second-order valence-corrected chi connectivity index (χ2v) is 6.08. The molecular weight excluding hydrogens is 288 g/mol. The number of fused-ring (bicyclic) bond motifs is 1. The number of carbonyl (C=O) groups is 1. The van der Waals surface area contributed by atoms with Crippen LogP contribution in [0.1, 0.15) is 24.5 Å². The molecule has 3 N–H and O–H groups in total. The van der Waals surface area contributed by atoms with Crippen LogP contribution in [0.5, 0.6) is 5.75 Å². The van der Waals surface area contributed by atoms with Gasteiger partial charge in [0.2, 0.25) is 5.91 Å². The predicted molar refractivity (Wildman–Crippen MR) is 91.2 cm³/mol. The lowest BCUT2D eigenvalue weighted by Crippen LogP contribution is -2.29. The molecule has 23 heavy (non-hydrogen) atoms. The first-order valence-electron chi connectivity index (χ1n) is 7.99. The highest BCUT2D eigenvalue weighted by atomic mass is 16.5. The van der Waals surface area contributed by atoms with Gasteiger partial charge in [-0.05, 0) is 41.3 Å². The Hall–Kier alpha value is -2.33. The van der Waals surface area contributed by atoms with Gasteiger partial charge in [0, 0.05) is 25.4 Å². The average molecular weight is 310 g/mol. The maximum Gasteiger partial charge on any atom is 0.221 e. The third-order valence-corrected chi connectivity index (χ3v) is 3.97. The summed E-state index contributed by atoms with van der Waals surface area (Å²) in [5, 5.41) is 2.89. The summed E-state index contributed by atoms with van der Waals surface area (Å²) >= 11 is 0. The number of benzene rings is 2. The van der Waals surface area contributed by atoms with E-state index in [1.54, 1.807) is 0 Å². The van der Waals surface area contributed by atoms with Crippen molar-refractivity contribution in [2.45, 2.75) is 32.4 Å². The van der Waals surface area contributed by atoms with E-state index in [0.717, 1.165) is 24.3 Å². The van der Waals surface area contributed by atoms with Crippen LogP contribution in [0.25, 0.3) is 11.1 Å². The normalized spacial score (nSPS) is 14.0. The molecule has 0 radical (unpaired) electrons. The fraction of sp³-hybridized carbons (Fsp3) is 0.316. The maximum atomic E-state index is 11.6. The number of amides is 1. The highest BCUT2D eigenvalue weighted by Gasteiger charge is 2.12. The molecule has 3 rings (SSSR count). The lowest BCUT2D eigenvalue weighted by atomic mass is 10.0. The lowest BCUT2D eigenvalue weighted by Gasteiger charge is -2.09. The van der Waals surface area contributed by atoms with Crippen molar-refractivity contribution >= 4 is 5.91 Å². The Labute approximate surface area is 136 Å². The molecule has 1 unspecified atom stereocenters. The average Bonchev–Trinajstić information content (AvgIpc) is 3.00. The first kappa shape index (κ1) is 15.6. The molecule has 1 amide bonds. The fourth-order valence-electron chi connectivity index (χ4n) is 2.75. The Bertz CT molecular complexity index is 693. The van der Waals surface area contributed by atoms with E-state index >= 15 is 0 Å². The summed E-state index contributed by atoms with van der Waals surface area (Å²) < 4.78 is 5.54. The largest absolute Gasteiger partial charge is 0.493 e. The fourth-order valence-corrected chi connectivity index (χ4v) is 2.75. The summed E-state index contributed by atoms with van der Waals surface area (Å²) in [6, 6.07) is 14.5. The third-order valence-electron chi connectivity index (χ3n) is 3.97. The second-order valence-electron chi connectivity index (χ2n) is 6.08. The van der Waals surface area contributed by atoms with E-state index in [-0.39, 0.29) is 11.9 Å². The van der Waals surface area contributed by atoms with Gasteiger partial charge in [-0.2, -0.15) is 0 Å². The minimum atomic E-state index is -0.110. The van der Waals surface area contributed by atoms with Gasteiger partial charge in [-0.25, -0.2) is 0 Å². The smallest absolute Gasteiger partial charge is 0.221 e. The maximum absolute atomic E-state index is 11.6. The van der Waals surface area contributed by atoms with Crippen molar-refractivity contribution in [1.82, 2.24) is 5.32 Å². The number of carbonyl (C=O) groups excluding carboxylic acids is 1. The molecule has 1 atom stereocenters. The van der Waals surface area contributed by atoms with Crippen LogP contribution in [-0.2, 0) is 17.8 Å². The number of ether oxygens (including phenoxy) is 1. The molecule has 1 aliphatic heterocycles. The minimum absolute atomic E-state index is 0.0114. The van der Waals surface area contributed by atoms with Crippen LogP contribution in [0.15, 0.2) is 42.5 Å². The lowest BCUT2D eigenvalue weighted by molar-refractivity contribution is -0.121. The van der Waals surface area contributed by atoms with Crippen molar-refractivity contribution in [2.24, 2.45) is 5.73 Å². The van der Waals surface area contributed by atoms with Gasteiger partial charge in [0.05, 0.1) is 6.61 Å². The van der Waals surface area contributed by atoms with E-state index < -0.39 is 0 Å². The summed E-state index contributed by atoms with van der Waals surface area (Å²) in [5.41, 5.74) is 10.3. The summed E-state index contributed by atoms with van der Waals surface area (Å²) in [7, 11) is 0. The number of nitrogens with two attached hydrogens (primary N) is 1.